The lowest BCUT2D eigenvalue weighted by atomic mass is 10.1. The van der Waals surface area contributed by atoms with Crippen molar-refractivity contribution in [3.05, 3.63) is 23.8 Å². The van der Waals surface area contributed by atoms with Gasteiger partial charge in [0.25, 0.3) is 0 Å². The molecule has 138 valence electrons. The van der Waals surface area contributed by atoms with Crippen LogP contribution in [-0.4, -0.2) is 51.0 Å². The van der Waals surface area contributed by atoms with E-state index < -0.39 is 10.0 Å². The molecule has 1 atom stereocenters. The van der Waals surface area contributed by atoms with Gasteiger partial charge < -0.3 is 9.64 Å². The number of carbonyl (C=O) groups excluding carboxylic acids is 1. The van der Waals surface area contributed by atoms with Crippen LogP contribution in [0.25, 0.3) is 0 Å². The number of piperidine rings is 1. The van der Waals surface area contributed by atoms with Gasteiger partial charge in [-0.3, -0.25) is 4.79 Å². The minimum Gasteiger partial charge on any atom is -0.377 e. The smallest absolute Gasteiger partial charge is 0.243 e. The lowest BCUT2D eigenvalue weighted by molar-refractivity contribution is -0.117. The predicted molar refractivity (Wildman–Crippen MR) is 96.2 cm³/mol. The lowest BCUT2D eigenvalue weighted by Gasteiger charge is -2.32. The summed E-state index contributed by atoms with van der Waals surface area (Å²) in [6.07, 6.45) is 3.09. The topological polar surface area (TPSA) is 66.9 Å². The lowest BCUT2D eigenvalue weighted by Crippen LogP contribution is -2.43. The number of rotatable bonds is 5. The highest BCUT2D eigenvalue weighted by Gasteiger charge is 2.32. The molecule has 6 nitrogen and oxygen atoms in total. The van der Waals surface area contributed by atoms with E-state index in [0.717, 1.165) is 24.9 Å². The minimum absolute atomic E-state index is 0.0321. The molecule has 0 saturated carbocycles. The molecule has 2 aliphatic rings. The van der Waals surface area contributed by atoms with Crippen LogP contribution in [0.3, 0.4) is 0 Å². The predicted octanol–water partition coefficient (Wildman–Crippen LogP) is 2.31. The summed E-state index contributed by atoms with van der Waals surface area (Å²) in [4.78, 5) is 13.9. The Labute approximate surface area is 149 Å². The van der Waals surface area contributed by atoms with E-state index in [-0.39, 0.29) is 12.0 Å². The fourth-order valence-electron chi connectivity index (χ4n) is 3.65. The standard InChI is InChI=1S/C18H26N2O4S/c1-3-24-16-6-4-10-19(13-16)25(22,23)17-9-8-15(12-14(17)2)20-11-5-7-18(20)21/h8-9,12,16H,3-7,10-11,13H2,1-2H3/t16-/m0/s1. The van der Waals surface area contributed by atoms with Crippen LogP contribution in [0.15, 0.2) is 23.1 Å². The first-order valence-corrected chi connectivity index (χ1v) is 10.4. The van der Waals surface area contributed by atoms with E-state index in [1.807, 2.05) is 6.92 Å². The van der Waals surface area contributed by atoms with Gasteiger partial charge in [0, 0.05) is 38.3 Å². The van der Waals surface area contributed by atoms with Gasteiger partial charge in [-0.1, -0.05) is 0 Å². The van der Waals surface area contributed by atoms with E-state index in [2.05, 4.69) is 0 Å². The summed E-state index contributed by atoms with van der Waals surface area (Å²) >= 11 is 0. The maximum Gasteiger partial charge on any atom is 0.243 e. The Morgan fingerprint density at radius 2 is 2.04 bits per heavy atom. The largest absolute Gasteiger partial charge is 0.377 e. The van der Waals surface area contributed by atoms with Crippen molar-refractivity contribution >= 4 is 21.6 Å². The number of carbonyl (C=O) groups is 1. The zero-order valence-corrected chi connectivity index (χ0v) is 15.7. The third kappa shape index (κ3) is 3.73. The molecule has 2 heterocycles. The summed E-state index contributed by atoms with van der Waals surface area (Å²) in [6.45, 7) is 5.94. The van der Waals surface area contributed by atoms with Gasteiger partial charge >= 0.3 is 0 Å². The Balaban J connectivity index is 1.83. The van der Waals surface area contributed by atoms with Gasteiger partial charge in [-0.25, -0.2) is 8.42 Å². The summed E-state index contributed by atoms with van der Waals surface area (Å²) in [5.74, 6) is 0.102. The van der Waals surface area contributed by atoms with Crippen molar-refractivity contribution in [2.24, 2.45) is 0 Å². The van der Waals surface area contributed by atoms with Gasteiger partial charge in [0.15, 0.2) is 0 Å². The Hall–Kier alpha value is -1.44. The number of sulfonamides is 1. The molecular weight excluding hydrogens is 340 g/mol. The zero-order valence-electron chi connectivity index (χ0n) is 14.9. The van der Waals surface area contributed by atoms with Crippen molar-refractivity contribution in [2.45, 2.75) is 50.5 Å². The number of aryl methyl sites for hydroxylation is 1. The van der Waals surface area contributed by atoms with Crippen LogP contribution < -0.4 is 4.90 Å². The Morgan fingerprint density at radius 3 is 2.68 bits per heavy atom. The molecule has 2 fully saturated rings. The number of ether oxygens (including phenoxy) is 1. The van der Waals surface area contributed by atoms with E-state index in [0.29, 0.717) is 43.1 Å². The molecular formula is C18H26N2O4S. The molecule has 2 saturated heterocycles. The third-order valence-electron chi connectivity index (χ3n) is 4.90. The average Bonchev–Trinajstić information content (AvgIpc) is 3.01. The molecule has 0 spiro atoms. The van der Waals surface area contributed by atoms with E-state index in [9.17, 15) is 13.2 Å². The molecule has 0 bridgehead atoms. The van der Waals surface area contributed by atoms with Gasteiger partial charge in [0.1, 0.15) is 0 Å². The SMILES string of the molecule is CCO[C@H]1CCCN(S(=O)(=O)c2ccc(N3CCCC3=O)cc2C)C1. The molecule has 7 heteroatoms. The third-order valence-corrected chi connectivity index (χ3v) is 6.93. The number of amides is 1. The maximum atomic E-state index is 13.0. The molecule has 0 unspecified atom stereocenters. The van der Waals surface area contributed by atoms with Crippen LogP contribution in [0, 0.1) is 6.92 Å². The second-order valence-electron chi connectivity index (χ2n) is 6.68. The number of hydrogen-bond donors (Lipinski definition) is 0. The van der Waals surface area contributed by atoms with Crippen LogP contribution >= 0.6 is 0 Å². The first-order chi connectivity index (χ1) is 11.9. The Bertz CT molecular complexity index is 745. The van der Waals surface area contributed by atoms with Crippen LogP contribution in [0.1, 0.15) is 38.2 Å². The maximum absolute atomic E-state index is 13.0. The molecule has 0 aromatic heterocycles. The number of hydrogen-bond acceptors (Lipinski definition) is 4. The van der Waals surface area contributed by atoms with Gasteiger partial charge in [-0.05, 0) is 56.9 Å². The van der Waals surface area contributed by atoms with Crippen LogP contribution in [0.2, 0.25) is 0 Å². The number of anilines is 1. The van der Waals surface area contributed by atoms with E-state index >= 15 is 0 Å². The summed E-state index contributed by atoms with van der Waals surface area (Å²) in [5.41, 5.74) is 1.46. The molecule has 0 aliphatic carbocycles. The first kappa shape index (κ1) is 18.4. The second-order valence-corrected chi connectivity index (χ2v) is 8.59. The quantitative estimate of drug-likeness (QED) is 0.802. The zero-order chi connectivity index (χ0) is 18.0. The molecule has 1 aromatic rings. The first-order valence-electron chi connectivity index (χ1n) is 8.96. The Kier molecular flexibility index (Phi) is 5.46. The van der Waals surface area contributed by atoms with Crippen LogP contribution in [0.5, 0.6) is 0 Å². The van der Waals surface area contributed by atoms with Gasteiger partial charge in [0.2, 0.25) is 15.9 Å². The van der Waals surface area contributed by atoms with Crippen LogP contribution in [-0.2, 0) is 19.6 Å². The molecule has 1 aromatic carbocycles. The highest BCUT2D eigenvalue weighted by molar-refractivity contribution is 7.89. The molecule has 25 heavy (non-hydrogen) atoms. The summed E-state index contributed by atoms with van der Waals surface area (Å²) in [6, 6.07) is 5.18. The molecule has 0 radical (unpaired) electrons. The average molecular weight is 366 g/mol. The van der Waals surface area contributed by atoms with Gasteiger partial charge in [0.05, 0.1) is 11.0 Å². The van der Waals surface area contributed by atoms with Crippen LogP contribution in [0.4, 0.5) is 5.69 Å². The van der Waals surface area contributed by atoms with Gasteiger partial charge in [-0.2, -0.15) is 4.31 Å². The van der Waals surface area contributed by atoms with E-state index in [1.165, 1.54) is 4.31 Å². The van der Waals surface area contributed by atoms with Crippen molar-refractivity contribution in [3.63, 3.8) is 0 Å². The summed E-state index contributed by atoms with van der Waals surface area (Å²) in [5, 5.41) is 0. The molecule has 1 amide bonds. The van der Waals surface area contributed by atoms with Crippen molar-refractivity contribution in [2.75, 3.05) is 31.1 Å². The monoisotopic (exact) mass is 366 g/mol. The fourth-order valence-corrected chi connectivity index (χ4v) is 5.36. The number of nitrogens with zero attached hydrogens (tertiary/aromatic N) is 2. The molecule has 2 aliphatic heterocycles. The second kappa shape index (κ2) is 7.43. The van der Waals surface area contributed by atoms with Crippen molar-refractivity contribution in [1.29, 1.82) is 0 Å². The molecule has 3 rings (SSSR count). The summed E-state index contributed by atoms with van der Waals surface area (Å²) < 4.78 is 33.2. The Morgan fingerprint density at radius 1 is 1.24 bits per heavy atom. The highest BCUT2D eigenvalue weighted by atomic mass is 32.2. The normalized spacial score (nSPS) is 22.6. The van der Waals surface area contributed by atoms with Crippen molar-refractivity contribution in [1.82, 2.24) is 4.31 Å². The van der Waals surface area contributed by atoms with Crippen molar-refractivity contribution in [3.8, 4) is 0 Å². The highest BCUT2D eigenvalue weighted by Crippen LogP contribution is 2.29. The molecule has 0 N–H and O–H groups in total. The van der Waals surface area contributed by atoms with Gasteiger partial charge in [-0.15, -0.1) is 0 Å². The van der Waals surface area contributed by atoms with E-state index in [1.54, 1.807) is 30.0 Å². The fraction of sp³-hybridized carbons (Fsp3) is 0.611. The van der Waals surface area contributed by atoms with E-state index in [4.69, 9.17) is 4.74 Å². The van der Waals surface area contributed by atoms with Crippen molar-refractivity contribution < 1.29 is 17.9 Å². The minimum atomic E-state index is -3.55. The number of benzene rings is 1. The summed E-state index contributed by atoms with van der Waals surface area (Å²) in [7, 11) is -3.55.